The molecule has 5 nitrogen and oxygen atoms in total. The molecule has 1 N–H and O–H groups in total. The third-order valence-corrected chi connectivity index (χ3v) is 4.67. The lowest BCUT2D eigenvalue weighted by Crippen LogP contribution is -3.09. The molecule has 1 aromatic carbocycles. The largest absolute Gasteiger partial charge is 0.461 e. The van der Waals surface area contributed by atoms with Crippen LogP contribution in [-0.2, 0) is 6.67 Å². The van der Waals surface area contributed by atoms with Gasteiger partial charge in [-0.3, -0.25) is 4.57 Å². The molecule has 2 aromatic heterocycles. The van der Waals surface area contributed by atoms with E-state index in [9.17, 15) is 0 Å². The topological polar surface area (TPSA) is 40.3 Å². The van der Waals surface area contributed by atoms with Gasteiger partial charge in [-0.05, 0) is 36.5 Å². The second kappa shape index (κ2) is 6.14. The molecule has 0 saturated carbocycles. The Bertz CT molecular complexity index is 829. The molecular weight excluding hydrogens is 308 g/mol. The Kier molecular flexibility index (Phi) is 3.85. The molecule has 0 radical (unpaired) electrons. The van der Waals surface area contributed by atoms with Crippen molar-refractivity contribution in [3.05, 3.63) is 53.5 Å². The first kappa shape index (κ1) is 14.4. The van der Waals surface area contributed by atoms with Crippen molar-refractivity contribution in [2.75, 3.05) is 13.1 Å². The van der Waals surface area contributed by atoms with Crippen LogP contribution in [0.1, 0.15) is 12.8 Å². The van der Waals surface area contributed by atoms with Crippen molar-refractivity contribution in [3.63, 3.8) is 0 Å². The number of furan rings is 1. The highest BCUT2D eigenvalue weighted by molar-refractivity contribution is 7.71. The van der Waals surface area contributed by atoms with Crippen LogP contribution in [0.4, 0.5) is 0 Å². The molecule has 4 rings (SSSR count). The van der Waals surface area contributed by atoms with Crippen LogP contribution in [0, 0.1) is 4.77 Å². The average molecular weight is 327 g/mol. The minimum atomic E-state index is 0.710. The van der Waals surface area contributed by atoms with Crippen molar-refractivity contribution in [1.82, 2.24) is 14.3 Å². The van der Waals surface area contributed by atoms with E-state index in [1.807, 2.05) is 51.7 Å². The standard InChI is InChI=1S/C17H18N4OS/c23-17-20(13-19-10-4-5-11-19)18-16(15-9-6-12-22-15)21(17)14-7-2-1-3-8-14/h1-3,6-9,12H,4-5,10-11,13H2/p+1. The maximum absolute atomic E-state index is 5.71. The molecule has 0 unspecified atom stereocenters. The highest BCUT2D eigenvalue weighted by atomic mass is 32.1. The van der Waals surface area contributed by atoms with Gasteiger partial charge in [-0.1, -0.05) is 18.2 Å². The molecule has 1 aliphatic heterocycles. The molecule has 1 saturated heterocycles. The summed E-state index contributed by atoms with van der Waals surface area (Å²) in [6.45, 7) is 3.19. The fraction of sp³-hybridized carbons (Fsp3) is 0.294. The minimum absolute atomic E-state index is 0.710. The molecule has 3 aromatic rings. The van der Waals surface area contributed by atoms with Gasteiger partial charge in [0.05, 0.1) is 25.0 Å². The number of aromatic nitrogens is 3. The first-order chi connectivity index (χ1) is 11.3. The van der Waals surface area contributed by atoms with Gasteiger partial charge in [0, 0.05) is 12.8 Å². The van der Waals surface area contributed by atoms with Gasteiger partial charge >= 0.3 is 0 Å². The summed E-state index contributed by atoms with van der Waals surface area (Å²) >= 11 is 5.71. The van der Waals surface area contributed by atoms with E-state index >= 15 is 0 Å². The van der Waals surface area contributed by atoms with Crippen molar-refractivity contribution in [1.29, 1.82) is 0 Å². The highest BCUT2D eigenvalue weighted by Crippen LogP contribution is 2.22. The Hall–Kier alpha value is -2.18. The molecule has 3 heterocycles. The molecule has 0 amide bonds. The van der Waals surface area contributed by atoms with Gasteiger partial charge in [0.15, 0.2) is 12.4 Å². The number of rotatable bonds is 4. The van der Waals surface area contributed by atoms with E-state index in [0.29, 0.717) is 4.77 Å². The van der Waals surface area contributed by atoms with Gasteiger partial charge in [0.1, 0.15) is 0 Å². The zero-order valence-corrected chi connectivity index (χ0v) is 13.6. The van der Waals surface area contributed by atoms with Crippen LogP contribution in [0.25, 0.3) is 17.3 Å². The van der Waals surface area contributed by atoms with E-state index in [-0.39, 0.29) is 0 Å². The van der Waals surface area contributed by atoms with Crippen molar-refractivity contribution in [2.45, 2.75) is 19.5 Å². The van der Waals surface area contributed by atoms with E-state index in [4.69, 9.17) is 21.7 Å². The monoisotopic (exact) mass is 327 g/mol. The van der Waals surface area contributed by atoms with Crippen LogP contribution in [0.2, 0.25) is 0 Å². The smallest absolute Gasteiger partial charge is 0.207 e. The quantitative estimate of drug-likeness (QED) is 0.748. The van der Waals surface area contributed by atoms with Gasteiger partial charge in [-0.25, -0.2) is 0 Å². The van der Waals surface area contributed by atoms with Crippen LogP contribution in [0.15, 0.2) is 53.1 Å². The summed E-state index contributed by atoms with van der Waals surface area (Å²) in [6.07, 6.45) is 4.23. The molecule has 118 valence electrons. The van der Waals surface area contributed by atoms with Crippen molar-refractivity contribution < 1.29 is 9.32 Å². The summed E-state index contributed by atoms with van der Waals surface area (Å²) < 4.78 is 10.2. The second-order valence-electron chi connectivity index (χ2n) is 5.87. The number of quaternary nitrogens is 1. The summed E-state index contributed by atoms with van der Waals surface area (Å²) in [5.41, 5.74) is 1.01. The fourth-order valence-corrected chi connectivity index (χ4v) is 3.43. The Morgan fingerprint density at radius 2 is 1.87 bits per heavy atom. The van der Waals surface area contributed by atoms with Crippen LogP contribution >= 0.6 is 12.2 Å². The van der Waals surface area contributed by atoms with Crippen molar-refractivity contribution >= 4 is 12.2 Å². The number of nitrogens with one attached hydrogen (secondary N) is 1. The molecule has 0 atom stereocenters. The van der Waals surface area contributed by atoms with E-state index in [1.165, 1.54) is 30.8 Å². The molecule has 1 aliphatic rings. The van der Waals surface area contributed by atoms with Crippen molar-refractivity contribution in [3.8, 4) is 17.3 Å². The molecule has 1 fully saturated rings. The minimum Gasteiger partial charge on any atom is -0.461 e. The van der Waals surface area contributed by atoms with Crippen LogP contribution in [0.5, 0.6) is 0 Å². The normalized spacial score (nSPS) is 15.3. The van der Waals surface area contributed by atoms with E-state index < -0.39 is 0 Å². The van der Waals surface area contributed by atoms with Crippen LogP contribution in [0.3, 0.4) is 0 Å². The zero-order valence-electron chi connectivity index (χ0n) is 12.8. The Labute approximate surface area is 139 Å². The molecule has 6 heteroatoms. The first-order valence-electron chi connectivity index (χ1n) is 7.95. The summed E-state index contributed by atoms with van der Waals surface area (Å²) in [5.74, 6) is 1.49. The van der Waals surface area contributed by atoms with Gasteiger partial charge in [0.25, 0.3) is 0 Å². The highest BCUT2D eigenvalue weighted by Gasteiger charge is 2.21. The lowest BCUT2D eigenvalue weighted by molar-refractivity contribution is -0.911. The van der Waals surface area contributed by atoms with Crippen LogP contribution < -0.4 is 4.90 Å². The van der Waals surface area contributed by atoms with Gasteiger partial charge in [0.2, 0.25) is 10.6 Å². The number of para-hydroxylation sites is 1. The Morgan fingerprint density at radius 3 is 2.57 bits per heavy atom. The predicted octanol–water partition coefficient (Wildman–Crippen LogP) is 2.30. The maximum atomic E-state index is 5.71. The van der Waals surface area contributed by atoms with E-state index in [1.54, 1.807) is 6.26 Å². The van der Waals surface area contributed by atoms with Crippen molar-refractivity contribution in [2.24, 2.45) is 0 Å². The Balaban J connectivity index is 1.82. The third-order valence-electron chi connectivity index (χ3n) is 4.28. The third kappa shape index (κ3) is 2.75. The molecule has 0 aliphatic carbocycles. The maximum Gasteiger partial charge on any atom is 0.207 e. The van der Waals surface area contributed by atoms with Gasteiger partial charge < -0.3 is 9.32 Å². The summed E-state index contributed by atoms with van der Waals surface area (Å²) in [5, 5.41) is 4.75. The lowest BCUT2D eigenvalue weighted by atomic mass is 10.3. The fourth-order valence-electron chi connectivity index (χ4n) is 3.13. The van der Waals surface area contributed by atoms with Crippen LogP contribution in [-0.4, -0.2) is 27.4 Å². The number of likely N-dealkylation sites (tertiary alicyclic amines) is 1. The molecule has 23 heavy (non-hydrogen) atoms. The molecule has 0 bridgehead atoms. The van der Waals surface area contributed by atoms with Gasteiger partial charge in [-0.2, -0.15) is 4.68 Å². The number of hydrogen-bond acceptors (Lipinski definition) is 3. The summed E-state index contributed by atoms with van der Waals surface area (Å²) in [4.78, 5) is 1.53. The van der Waals surface area contributed by atoms with E-state index in [2.05, 4.69) is 0 Å². The Morgan fingerprint density at radius 1 is 1.09 bits per heavy atom. The number of benzene rings is 1. The summed E-state index contributed by atoms with van der Waals surface area (Å²) in [6, 6.07) is 13.9. The molecule has 0 spiro atoms. The number of nitrogens with zero attached hydrogens (tertiary/aromatic N) is 3. The second-order valence-corrected chi connectivity index (χ2v) is 6.23. The average Bonchev–Trinajstić information content (AvgIpc) is 3.31. The molecular formula is C17H19N4OS+. The first-order valence-corrected chi connectivity index (χ1v) is 8.36. The van der Waals surface area contributed by atoms with E-state index in [0.717, 1.165) is 23.9 Å². The summed E-state index contributed by atoms with van der Waals surface area (Å²) in [7, 11) is 0. The lowest BCUT2D eigenvalue weighted by Gasteiger charge is -2.11. The SMILES string of the molecule is S=c1n(C[NH+]2CCCC2)nc(-c2ccco2)n1-c1ccccc1. The van der Waals surface area contributed by atoms with Gasteiger partial charge in [-0.15, -0.1) is 5.10 Å². The predicted molar refractivity (Wildman–Crippen MR) is 90.0 cm³/mol. The zero-order chi connectivity index (χ0) is 15.6. The number of hydrogen-bond donors (Lipinski definition) is 1.